The Morgan fingerprint density at radius 1 is 1.18 bits per heavy atom. The number of hydrogen-bond acceptors (Lipinski definition) is 2. The van der Waals surface area contributed by atoms with Crippen molar-refractivity contribution >= 4 is 0 Å². The molecule has 0 saturated heterocycles. The normalized spacial score (nSPS) is 10.8. The number of nitrogens with two attached hydrogens (primary N) is 1. The van der Waals surface area contributed by atoms with E-state index >= 15 is 0 Å². The van der Waals surface area contributed by atoms with Gasteiger partial charge in [-0.15, -0.1) is 0 Å². The topological polar surface area (TPSA) is 43.8 Å². The molecule has 0 radical (unpaired) electrons. The first kappa shape index (κ1) is 11.9. The number of rotatable bonds is 3. The molecule has 2 aromatic rings. The van der Waals surface area contributed by atoms with Crippen LogP contribution in [0.25, 0.3) is 11.1 Å². The maximum Gasteiger partial charge on any atom is 0.0672 e. The van der Waals surface area contributed by atoms with Gasteiger partial charge in [0.05, 0.1) is 12.2 Å². The molecule has 0 atom stereocenters. The highest BCUT2D eigenvalue weighted by atomic mass is 15.3. The number of aromatic nitrogens is 2. The monoisotopic (exact) mass is 229 g/mol. The van der Waals surface area contributed by atoms with Crippen LogP contribution in [-0.2, 0) is 6.54 Å². The van der Waals surface area contributed by atoms with Crippen LogP contribution >= 0.6 is 0 Å². The number of hydrogen-bond donors (Lipinski definition) is 1. The highest BCUT2D eigenvalue weighted by Crippen LogP contribution is 2.26. The van der Waals surface area contributed by atoms with E-state index in [9.17, 15) is 0 Å². The summed E-state index contributed by atoms with van der Waals surface area (Å²) in [5, 5.41) is 4.48. The van der Waals surface area contributed by atoms with E-state index in [2.05, 4.69) is 43.3 Å². The Kier molecular flexibility index (Phi) is 3.29. The highest BCUT2D eigenvalue weighted by molar-refractivity contribution is 5.69. The van der Waals surface area contributed by atoms with Crippen molar-refractivity contribution in [3.63, 3.8) is 0 Å². The first-order valence-electron chi connectivity index (χ1n) is 5.93. The molecule has 2 N–H and O–H groups in total. The van der Waals surface area contributed by atoms with Crippen LogP contribution in [0.5, 0.6) is 0 Å². The molecule has 1 heterocycles. The Hall–Kier alpha value is -1.61. The highest BCUT2D eigenvalue weighted by Gasteiger charge is 2.09. The largest absolute Gasteiger partial charge is 0.329 e. The second-order valence-electron chi connectivity index (χ2n) is 4.50. The summed E-state index contributed by atoms with van der Waals surface area (Å²) in [4.78, 5) is 0. The molecular formula is C14H19N3. The van der Waals surface area contributed by atoms with E-state index in [0.29, 0.717) is 6.54 Å². The van der Waals surface area contributed by atoms with Gasteiger partial charge < -0.3 is 5.73 Å². The third kappa shape index (κ3) is 2.39. The molecule has 2 rings (SSSR count). The quantitative estimate of drug-likeness (QED) is 0.878. The zero-order valence-corrected chi connectivity index (χ0v) is 10.7. The standard InChI is InChI=1S/C14H19N3/c1-10-4-5-11(2)13(8-10)14-9-17(7-6-15)16-12(14)3/h4-5,8-9H,6-7,15H2,1-3H3. The predicted octanol–water partition coefficient (Wildman–Crippen LogP) is 2.43. The Morgan fingerprint density at radius 2 is 1.94 bits per heavy atom. The van der Waals surface area contributed by atoms with Crippen molar-refractivity contribution in [2.75, 3.05) is 6.54 Å². The summed E-state index contributed by atoms with van der Waals surface area (Å²) in [6.07, 6.45) is 2.09. The molecule has 3 heteroatoms. The van der Waals surface area contributed by atoms with Crippen LogP contribution in [0.2, 0.25) is 0 Å². The molecule has 0 spiro atoms. The lowest BCUT2D eigenvalue weighted by molar-refractivity contribution is 0.620. The summed E-state index contributed by atoms with van der Waals surface area (Å²) < 4.78 is 1.92. The van der Waals surface area contributed by atoms with Gasteiger partial charge in [0.2, 0.25) is 0 Å². The van der Waals surface area contributed by atoms with Crippen molar-refractivity contribution < 1.29 is 0 Å². The molecule has 0 amide bonds. The van der Waals surface area contributed by atoms with Gasteiger partial charge in [-0.25, -0.2) is 0 Å². The Bertz CT molecular complexity index is 526. The average molecular weight is 229 g/mol. The first-order valence-corrected chi connectivity index (χ1v) is 5.93. The van der Waals surface area contributed by atoms with E-state index in [1.54, 1.807) is 0 Å². The molecule has 3 nitrogen and oxygen atoms in total. The Balaban J connectivity index is 2.48. The van der Waals surface area contributed by atoms with Crippen LogP contribution in [0, 0.1) is 20.8 Å². The van der Waals surface area contributed by atoms with E-state index in [4.69, 9.17) is 5.73 Å². The zero-order valence-electron chi connectivity index (χ0n) is 10.7. The second kappa shape index (κ2) is 4.72. The fraction of sp³-hybridized carbons (Fsp3) is 0.357. The molecule has 0 aliphatic heterocycles. The maximum absolute atomic E-state index is 5.55. The minimum atomic E-state index is 0.618. The lowest BCUT2D eigenvalue weighted by Gasteiger charge is -2.05. The fourth-order valence-electron chi connectivity index (χ4n) is 2.06. The maximum atomic E-state index is 5.55. The summed E-state index contributed by atoms with van der Waals surface area (Å²) in [5.74, 6) is 0. The third-order valence-corrected chi connectivity index (χ3v) is 2.99. The van der Waals surface area contributed by atoms with Crippen LogP contribution in [-0.4, -0.2) is 16.3 Å². The SMILES string of the molecule is Cc1ccc(C)c(-c2cn(CCN)nc2C)c1. The van der Waals surface area contributed by atoms with Gasteiger partial charge in [-0.2, -0.15) is 5.10 Å². The molecule has 0 aliphatic rings. The van der Waals surface area contributed by atoms with Crippen molar-refractivity contribution in [2.24, 2.45) is 5.73 Å². The van der Waals surface area contributed by atoms with Gasteiger partial charge in [0.25, 0.3) is 0 Å². The van der Waals surface area contributed by atoms with Gasteiger partial charge in [0.15, 0.2) is 0 Å². The van der Waals surface area contributed by atoms with Crippen molar-refractivity contribution in [2.45, 2.75) is 27.3 Å². The molecule has 0 fully saturated rings. The van der Waals surface area contributed by atoms with E-state index in [1.807, 2.05) is 11.6 Å². The van der Waals surface area contributed by atoms with Crippen molar-refractivity contribution in [3.8, 4) is 11.1 Å². The van der Waals surface area contributed by atoms with Gasteiger partial charge in [-0.3, -0.25) is 4.68 Å². The number of aryl methyl sites for hydroxylation is 3. The number of benzene rings is 1. The molecule has 1 aromatic carbocycles. The van der Waals surface area contributed by atoms with E-state index < -0.39 is 0 Å². The third-order valence-electron chi connectivity index (χ3n) is 2.99. The summed E-state index contributed by atoms with van der Waals surface area (Å²) in [6.45, 7) is 7.68. The average Bonchev–Trinajstić information content (AvgIpc) is 2.64. The summed E-state index contributed by atoms with van der Waals surface area (Å²) in [5.41, 5.74) is 11.6. The van der Waals surface area contributed by atoms with Gasteiger partial charge >= 0.3 is 0 Å². The minimum absolute atomic E-state index is 0.618. The van der Waals surface area contributed by atoms with E-state index in [0.717, 1.165) is 12.2 Å². The fourth-order valence-corrected chi connectivity index (χ4v) is 2.06. The molecule has 0 aliphatic carbocycles. The summed E-state index contributed by atoms with van der Waals surface area (Å²) >= 11 is 0. The van der Waals surface area contributed by atoms with E-state index in [1.165, 1.54) is 22.3 Å². The number of nitrogens with zero attached hydrogens (tertiary/aromatic N) is 2. The molecular weight excluding hydrogens is 210 g/mol. The van der Waals surface area contributed by atoms with Crippen molar-refractivity contribution in [3.05, 3.63) is 41.2 Å². The molecule has 0 bridgehead atoms. The smallest absolute Gasteiger partial charge is 0.0672 e. The molecule has 1 aromatic heterocycles. The lowest BCUT2D eigenvalue weighted by Crippen LogP contribution is -2.10. The van der Waals surface area contributed by atoms with Crippen LogP contribution in [0.3, 0.4) is 0 Å². The van der Waals surface area contributed by atoms with Crippen LogP contribution in [0.15, 0.2) is 24.4 Å². The Labute approximate surface area is 102 Å². The molecule has 17 heavy (non-hydrogen) atoms. The summed E-state index contributed by atoms with van der Waals surface area (Å²) in [7, 11) is 0. The van der Waals surface area contributed by atoms with Crippen LogP contribution in [0.1, 0.15) is 16.8 Å². The minimum Gasteiger partial charge on any atom is -0.329 e. The summed E-state index contributed by atoms with van der Waals surface area (Å²) in [6, 6.07) is 6.51. The lowest BCUT2D eigenvalue weighted by atomic mass is 9.99. The van der Waals surface area contributed by atoms with Gasteiger partial charge in [-0.1, -0.05) is 23.8 Å². The second-order valence-corrected chi connectivity index (χ2v) is 4.50. The van der Waals surface area contributed by atoms with E-state index in [-0.39, 0.29) is 0 Å². The van der Waals surface area contributed by atoms with Gasteiger partial charge in [0, 0.05) is 18.3 Å². The van der Waals surface area contributed by atoms with Crippen molar-refractivity contribution in [1.82, 2.24) is 9.78 Å². The first-order chi connectivity index (χ1) is 8.11. The molecule has 0 saturated carbocycles. The zero-order chi connectivity index (χ0) is 12.4. The molecule has 0 unspecified atom stereocenters. The van der Waals surface area contributed by atoms with Gasteiger partial charge in [-0.05, 0) is 31.9 Å². The van der Waals surface area contributed by atoms with Crippen molar-refractivity contribution in [1.29, 1.82) is 0 Å². The van der Waals surface area contributed by atoms with Crippen LogP contribution < -0.4 is 5.73 Å². The Morgan fingerprint density at radius 3 is 2.65 bits per heavy atom. The van der Waals surface area contributed by atoms with Crippen LogP contribution in [0.4, 0.5) is 0 Å². The molecule has 90 valence electrons. The van der Waals surface area contributed by atoms with Gasteiger partial charge in [0.1, 0.15) is 0 Å². The predicted molar refractivity (Wildman–Crippen MR) is 70.9 cm³/mol.